The molecule has 2 rings (SSSR count). The topological polar surface area (TPSA) is 77.9 Å². The SMILES string of the molecule is CCC1(C(=O)O)CCCN1CC1CCCN(S(C)(=O)=O)C1. The van der Waals surface area contributed by atoms with Gasteiger partial charge in [-0.25, -0.2) is 12.7 Å². The second-order valence-electron chi connectivity index (χ2n) is 6.37. The van der Waals surface area contributed by atoms with E-state index in [9.17, 15) is 18.3 Å². The summed E-state index contributed by atoms with van der Waals surface area (Å²) in [5, 5.41) is 9.60. The second kappa shape index (κ2) is 6.22. The maximum atomic E-state index is 11.7. The first kappa shape index (κ1) is 16.7. The lowest BCUT2D eigenvalue weighted by Gasteiger charge is -2.39. The third-order valence-corrected chi connectivity index (χ3v) is 6.31. The molecular weight excluding hydrogens is 292 g/mol. The Morgan fingerprint density at radius 3 is 2.62 bits per heavy atom. The summed E-state index contributed by atoms with van der Waals surface area (Å²) in [5.41, 5.74) is -0.743. The molecule has 21 heavy (non-hydrogen) atoms. The van der Waals surface area contributed by atoms with Gasteiger partial charge in [-0.3, -0.25) is 9.69 Å². The Morgan fingerprint density at radius 1 is 1.33 bits per heavy atom. The zero-order chi connectivity index (χ0) is 15.7. The van der Waals surface area contributed by atoms with Gasteiger partial charge in [0, 0.05) is 19.6 Å². The molecule has 6 nitrogen and oxygen atoms in total. The van der Waals surface area contributed by atoms with E-state index in [1.807, 2.05) is 6.92 Å². The molecule has 2 atom stereocenters. The molecule has 1 N–H and O–H groups in total. The molecule has 2 aliphatic rings. The number of hydrogen-bond acceptors (Lipinski definition) is 4. The molecule has 0 aliphatic carbocycles. The molecule has 0 bridgehead atoms. The number of carbonyl (C=O) groups is 1. The lowest BCUT2D eigenvalue weighted by Crippen LogP contribution is -2.53. The monoisotopic (exact) mass is 318 g/mol. The molecule has 0 radical (unpaired) electrons. The number of likely N-dealkylation sites (tertiary alicyclic amines) is 1. The largest absolute Gasteiger partial charge is 0.480 e. The van der Waals surface area contributed by atoms with Crippen molar-refractivity contribution in [3.63, 3.8) is 0 Å². The highest BCUT2D eigenvalue weighted by Gasteiger charge is 2.46. The van der Waals surface area contributed by atoms with Crippen molar-refractivity contribution >= 4 is 16.0 Å². The predicted octanol–water partition coefficient (Wildman–Crippen LogP) is 0.987. The summed E-state index contributed by atoms with van der Waals surface area (Å²) in [5.74, 6) is -0.505. The van der Waals surface area contributed by atoms with Crippen LogP contribution in [0.1, 0.15) is 39.0 Å². The van der Waals surface area contributed by atoms with Gasteiger partial charge in [-0.2, -0.15) is 0 Å². The summed E-state index contributed by atoms with van der Waals surface area (Å²) in [4.78, 5) is 13.8. The molecule has 0 amide bonds. The van der Waals surface area contributed by atoms with Gasteiger partial charge in [-0.05, 0) is 44.6 Å². The number of carboxylic acid groups (broad SMARTS) is 1. The van der Waals surface area contributed by atoms with Crippen molar-refractivity contribution in [2.45, 2.75) is 44.6 Å². The van der Waals surface area contributed by atoms with Gasteiger partial charge in [0.05, 0.1) is 6.26 Å². The number of piperidine rings is 1. The third-order valence-electron chi connectivity index (χ3n) is 5.04. The van der Waals surface area contributed by atoms with E-state index in [1.54, 1.807) is 0 Å². The number of hydrogen-bond donors (Lipinski definition) is 1. The average Bonchev–Trinajstić information content (AvgIpc) is 2.82. The fourth-order valence-corrected chi connectivity index (χ4v) is 4.73. The van der Waals surface area contributed by atoms with Gasteiger partial charge in [0.25, 0.3) is 0 Å². The third kappa shape index (κ3) is 3.40. The fraction of sp³-hybridized carbons (Fsp3) is 0.929. The number of nitrogens with zero attached hydrogens (tertiary/aromatic N) is 2. The van der Waals surface area contributed by atoms with Crippen LogP contribution in [0.2, 0.25) is 0 Å². The van der Waals surface area contributed by atoms with E-state index >= 15 is 0 Å². The fourth-order valence-electron chi connectivity index (χ4n) is 3.78. The van der Waals surface area contributed by atoms with Crippen LogP contribution in [0.25, 0.3) is 0 Å². The van der Waals surface area contributed by atoms with Gasteiger partial charge in [-0.1, -0.05) is 6.92 Å². The Bertz CT molecular complexity index is 493. The molecule has 2 fully saturated rings. The van der Waals surface area contributed by atoms with Crippen molar-refractivity contribution in [2.75, 3.05) is 32.4 Å². The van der Waals surface area contributed by atoms with Crippen LogP contribution in [0, 0.1) is 5.92 Å². The quantitative estimate of drug-likeness (QED) is 0.818. The van der Waals surface area contributed by atoms with Crippen LogP contribution < -0.4 is 0 Å². The lowest BCUT2D eigenvalue weighted by atomic mass is 9.91. The van der Waals surface area contributed by atoms with E-state index in [-0.39, 0.29) is 5.92 Å². The maximum absolute atomic E-state index is 11.7. The molecule has 0 saturated carbocycles. The summed E-state index contributed by atoms with van der Waals surface area (Å²) in [6.45, 7) is 4.53. The molecule has 0 aromatic heterocycles. The number of carboxylic acids is 1. The summed E-state index contributed by atoms with van der Waals surface area (Å²) >= 11 is 0. The molecule has 2 aliphatic heterocycles. The van der Waals surface area contributed by atoms with Crippen LogP contribution in [0.5, 0.6) is 0 Å². The second-order valence-corrected chi connectivity index (χ2v) is 8.35. The van der Waals surface area contributed by atoms with E-state index in [2.05, 4.69) is 4.90 Å². The van der Waals surface area contributed by atoms with Gasteiger partial charge >= 0.3 is 5.97 Å². The van der Waals surface area contributed by atoms with Gasteiger partial charge in [0.2, 0.25) is 10.0 Å². The van der Waals surface area contributed by atoms with Crippen molar-refractivity contribution in [1.82, 2.24) is 9.21 Å². The molecule has 2 heterocycles. The van der Waals surface area contributed by atoms with E-state index in [0.29, 0.717) is 32.5 Å². The van der Waals surface area contributed by atoms with E-state index in [4.69, 9.17) is 0 Å². The Balaban J connectivity index is 2.05. The van der Waals surface area contributed by atoms with Gasteiger partial charge in [-0.15, -0.1) is 0 Å². The Labute approximate surface area is 127 Å². The zero-order valence-corrected chi connectivity index (χ0v) is 13.7. The number of sulfonamides is 1. The highest BCUT2D eigenvalue weighted by atomic mass is 32.2. The Morgan fingerprint density at radius 2 is 2.05 bits per heavy atom. The highest BCUT2D eigenvalue weighted by molar-refractivity contribution is 7.88. The van der Waals surface area contributed by atoms with Crippen LogP contribution in [0.15, 0.2) is 0 Å². The van der Waals surface area contributed by atoms with Crippen molar-refractivity contribution in [3.05, 3.63) is 0 Å². The average molecular weight is 318 g/mol. The molecule has 0 spiro atoms. The maximum Gasteiger partial charge on any atom is 0.324 e. The van der Waals surface area contributed by atoms with Crippen molar-refractivity contribution in [3.8, 4) is 0 Å². The van der Waals surface area contributed by atoms with Crippen LogP contribution in [-0.2, 0) is 14.8 Å². The lowest BCUT2D eigenvalue weighted by molar-refractivity contribution is -0.150. The minimum atomic E-state index is -3.14. The molecule has 0 aromatic carbocycles. The predicted molar refractivity (Wildman–Crippen MR) is 80.6 cm³/mol. The van der Waals surface area contributed by atoms with Crippen molar-refractivity contribution in [2.24, 2.45) is 5.92 Å². The molecule has 0 aromatic rings. The van der Waals surface area contributed by atoms with E-state index in [1.165, 1.54) is 10.6 Å². The zero-order valence-electron chi connectivity index (χ0n) is 12.9. The van der Waals surface area contributed by atoms with Crippen molar-refractivity contribution in [1.29, 1.82) is 0 Å². The Hall–Kier alpha value is -0.660. The van der Waals surface area contributed by atoms with Crippen LogP contribution in [0.3, 0.4) is 0 Å². The highest BCUT2D eigenvalue weighted by Crippen LogP contribution is 2.34. The summed E-state index contributed by atoms with van der Waals surface area (Å²) in [7, 11) is -3.14. The van der Waals surface area contributed by atoms with Gasteiger partial charge in [0.1, 0.15) is 5.54 Å². The first-order valence-corrected chi connectivity index (χ1v) is 9.58. The number of aliphatic carboxylic acids is 1. The molecule has 2 unspecified atom stereocenters. The van der Waals surface area contributed by atoms with Gasteiger partial charge < -0.3 is 5.11 Å². The first-order chi connectivity index (χ1) is 9.79. The van der Waals surface area contributed by atoms with Crippen LogP contribution >= 0.6 is 0 Å². The minimum Gasteiger partial charge on any atom is -0.480 e. The van der Waals surface area contributed by atoms with Crippen LogP contribution in [-0.4, -0.2) is 66.7 Å². The van der Waals surface area contributed by atoms with Crippen LogP contribution in [0.4, 0.5) is 0 Å². The summed E-state index contributed by atoms with van der Waals surface area (Å²) < 4.78 is 24.9. The molecule has 2 saturated heterocycles. The first-order valence-electron chi connectivity index (χ1n) is 7.73. The molecule has 7 heteroatoms. The van der Waals surface area contributed by atoms with Crippen molar-refractivity contribution < 1.29 is 18.3 Å². The van der Waals surface area contributed by atoms with Gasteiger partial charge in [0.15, 0.2) is 0 Å². The Kier molecular flexibility index (Phi) is 4.95. The van der Waals surface area contributed by atoms with E-state index in [0.717, 1.165) is 25.8 Å². The van der Waals surface area contributed by atoms with E-state index < -0.39 is 21.5 Å². The summed E-state index contributed by atoms with van der Waals surface area (Å²) in [6.07, 6.45) is 5.29. The molecule has 122 valence electrons. The normalized spacial score (nSPS) is 32.4. The summed E-state index contributed by atoms with van der Waals surface area (Å²) in [6, 6.07) is 0. The minimum absolute atomic E-state index is 0.233. The standard InChI is InChI=1S/C14H26N2O4S/c1-3-14(13(17)18)7-5-8-15(14)10-12-6-4-9-16(11-12)21(2,19)20/h12H,3-11H2,1-2H3,(H,17,18). The molecular formula is C14H26N2O4S. The number of rotatable bonds is 5. The smallest absolute Gasteiger partial charge is 0.324 e.